The molecule has 0 spiro atoms. The van der Waals surface area contributed by atoms with Crippen molar-refractivity contribution in [1.29, 1.82) is 0 Å². The van der Waals surface area contributed by atoms with Gasteiger partial charge in [0.15, 0.2) is 0 Å². The molecule has 0 aliphatic carbocycles. The Balaban J connectivity index is 1.85. The minimum atomic E-state index is -3.90. The molecule has 26 heavy (non-hydrogen) atoms. The highest BCUT2D eigenvalue weighted by molar-refractivity contribution is 7.89. The molecule has 0 aliphatic heterocycles. The summed E-state index contributed by atoms with van der Waals surface area (Å²) in [6.45, 7) is 3.40. The molecular weight excluding hydrogens is 370 g/mol. The number of hydrogen-bond acceptors (Lipinski definition) is 5. The molecule has 8 heteroatoms. The summed E-state index contributed by atoms with van der Waals surface area (Å²) < 4.78 is 23.5. The molecule has 3 rings (SSSR count). The molecule has 0 saturated heterocycles. The fourth-order valence-electron chi connectivity index (χ4n) is 2.52. The van der Waals surface area contributed by atoms with E-state index in [0.29, 0.717) is 16.8 Å². The van der Waals surface area contributed by atoms with Crippen molar-refractivity contribution in [2.24, 2.45) is 5.14 Å². The molecule has 0 atom stereocenters. The number of benzene rings is 2. The lowest BCUT2D eigenvalue weighted by Crippen LogP contribution is -2.17. The van der Waals surface area contributed by atoms with E-state index in [4.69, 9.17) is 5.14 Å². The largest absolute Gasteiger partial charge is 0.322 e. The highest BCUT2D eigenvalue weighted by Gasteiger charge is 2.17. The lowest BCUT2D eigenvalue weighted by Gasteiger charge is -2.11. The van der Waals surface area contributed by atoms with Crippen LogP contribution in [0.2, 0.25) is 0 Å². The lowest BCUT2D eigenvalue weighted by molar-refractivity contribution is 0.102. The van der Waals surface area contributed by atoms with E-state index in [1.807, 2.05) is 17.5 Å². The zero-order chi connectivity index (χ0) is 18.9. The Labute approximate surface area is 155 Å². The van der Waals surface area contributed by atoms with E-state index in [1.165, 1.54) is 17.4 Å². The topological polar surface area (TPSA) is 102 Å². The van der Waals surface area contributed by atoms with Gasteiger partial charge in [-0.2, -0.15) is 0 Å². The summed E-state index contributed by atoms with van der Waals surface area (Å²) in [6, 6.07) is 10.2. The van der Waals surface area contributed by atoms with Gasteiger partial charge in [0, 0.05) is 28.4 Å². The van der Waals surface area contributed by atoms with Crippen LogP contribution in [0.5, 0.6) is 0 Å². The van der Waals surface area contributed by atoms with E-state index >= 15 is 0 Å². The van der Waals surface area contributed by atoms with Crippen molar-refractivity contribution in [3.63, 3.8) is 0 Å². The monoisotopic (exact) mass is 387 g/mol. The third-order valence-electron chi connectivity index (χ3n) is 4.01. The van der Waals surface area contributed by atoms with Crippen LogP contribution >= 0.6 is 11.3 Å². The van der Waals surface area contributed by atoms with Gasteiger partial charge in [0.05, 0.1) is 4.90 Å². The number of carbonyl (C=O) groups is 1. The van der Waals surface area contributed by atoms with Crippen LogP contribution in [0.4, 0.5) is 5.69 Å². The predicted octanol–water partition coefficient (Wildman–Crippen LogP) is 3.33. The first-order valence-corrected chi connectivity index (χ1v) is 10.1. The van der Waals surface area contributed by atoms with Gasteiger partial charge in [-0.15, -0.1) is 11.3 Å². The molecule has 0 fully saturated rings. The summed E-state index contributed by atoms with van der Waals surface area (Å²) in [5.41, 5.74) is 3.02. The second kappa shape index (κ2) is 6.99. The quantitative estimate of drug-likeness (QED) is 0.717. The molecule has 0 bridgehead atoms. The summed E-state index contributed by atoms with van der Waals surface area (Å²) in [7, 11) is -3.90. The number of anilines is 1. The number of nitrogens with two attached hydrogens (primary N) is 1. The lowest BCUT2D eigenvalue weighted by atomic mass is 10.1. The van der Waals surface area contributed by atoms with Gasteiger partial charge in [0.1, 0.15) is 5.01 Å². The van der Waals surface area contributed by atoms with Crippen LogP contribution in [0.3, 0.4) is 0 Å². The molecule has 6 nitrogen and oxygen atoms in total. The van der Waals surface area contributed by atoms with Crippen molar-refractivity contribution in [3.8, 4) is 10.6 Å². The van der Waals surface area contributed by atoms with Crippen molar-refractivity contribution < 1.29 is 13.2 Å². The average Bonchev–Trinajstić information content (AvgIpc) is 3.11. The number of hydrogen-bond donors (Lipinski definition) is 2. The minimum absolute atomic E-state index is 0.0400. The fraction of sp³-hybridized carbons (Fsp3) is 0.111. The molecule has 0 unspecified atom stereocenters. The summed E-state index contributed by atoms with van der Waals surface area (Å²) in [5.74, 6) is -0.403. The molecule has 134 valence electrons. The molecule has 0 saturated carbocycles. The maximum Gasteiger partial charge on any atom is 0.255 e. The third kappa shape index (κ3) is 3.82. The molecule has 3 N–H and O–H groups in total. The van der Waals surface area contributed by atoms with Gasteiger partial charge in [-0.3, -0.25) is 4.79 Å². The van der Waals surface area contributed by atoms with Gasteiger partial charge in [-0.05, 0) is 61.4 Å². The Kier molecular flexibility index (Phi) is 4.90. The number of carbonyl (C=O) groups excluding carboxylic acids is 1. The number of aryl methyl sites for hydroxylation is 1. The molecule has 1 aromatic heterocycles. The normalized spacial score (nSPS) is 11.3. The van der Waals surface area contributed by atoms with Crippen LogP contribution in [0, 0.1) is 13.8 Å². The van der Waals surface area contributed by atoms with Gasteiger partial charge in [-0.1, -0.05) is 0 Å². The van der Waals surface area contributed by atoms with E-state index < -0.39 is 15.9 Å². The van der Waals surface area contributed by atoms with Gasteiger partial charge >= 0.3 is 0 Å². The number of primary sulfonamides is 1. The number of sulfonamides is 1. The minimum Gasteiger partial charge on any atom is -0.322 e. The molecule has 0 radical (unpaired) electrons. The Morgan fingerprint density at radius 2 is 1.85 bits per heavy atom. The second-order valence-corrected chi connectivity index (χ2v) is 8.25. The SMILES string of the molecule is Cc1cc(C(=O)Nc2ccc(-c3nccs3)cc2)cc(S(N)(=O)=O)c1C. The first-order valence-electron chi connectivity index (χ1n) is 7.71. The van der Waals surface area contributed by atoms with E-state index in [9.17, 15) is 13.2 Å². The third-order valence-corrected chi connectivity index (χ3v) is 5.87. The smallest absolute Gasteiger partial charge is 0.255 e. The molecule has 1 heterocycles. The van der Waals surface area contributed by atoms with Gasteiger partial charge < -0.3 is 5.32 Å². The summed E-state index contributed by atoms with van der Waals surface area (Å²) >= 11 is 1.53. The average molecular weight is 387 g/mol. The Bertz CT molecular complexity index is 1060. The van der Waals surface area contributed by atoms with Crippen LogP contribution < -0.4 is 10.5 Å². The van der Waals surface area contributed by atoms with Crippen LogP contribution in [0.1, 0.15) is 21.5 Å². The fourth-order valence-corrected chi connectivity index (χ4v) is 4.04. The summed E-state index contributed by atoms with van der Waals surface area (Å²) in [5, 5.41) is 10.8. The zero-order valence-corrected chi connectivity index (χ0v) is 15.8. The highest BCUT2D eigenvalue weighted by Crippen LogP contribution is 2.24. The zero-order valence-electron chi connectivity index (χ0n) is 14.2. The standard InChI is InChI=1S/C18H17N3O3S2/c1-11-9-14(10-16(12(11)2)26(19,23)24)17(22)21-15-5-3-13(4-6-15)18-20-7-8-25-18/h3-10H,1-2H3,(H,21,22)(H2,19,23,24). The molecule has 2 aromatic carbocycles. The molecule has 3 aromatic rings. The Hall–Kier alpha value is -2.55. The van der Waals surface area contributed by atoms with Crippen LogP contribution in [0.15, 0.2) is 52.9 Å². The number of nitrogens with zero attached hydrogens (tertiary/aromatic N) is 1. The van der Waals surface area contributed by atoms with E-state index in [2.05, 4.69) is 10.3 Å². The van der Waals surface area contributed by atoms with E-state index in [0.717, 1.165) is 10.6 Å². The van der Waals surface area contributed by atoms with Gasteiger partial charge in [0.25, 0.3) is 5.91 Å². The number of nitrogens with one attached hydrogen (secondary N) is 1. The first-order chi connectivity index (χ1) is 12.3. The first kappa shape index (κ1) is 18.2. The van der Waals surface area contributed by atoms with Gasteiger partial charge in [-0.25, -0.2) is 18.5 Å². The van der Waals surface area contributed by atoms with Crippen molar-refractivity contribution in [2.75, 3.05) is 5.32 Å². The number of amides is 1. The van der Waals surface area contributed by atoms with Crippen molar-refractivity contribution in [2.45, 2.75) is 18.7 Å². The van der Waals surface area contributed by atoms with E-state index in [1.54, 1.807) is 38.2 Å². The van der Waals surface area contributed by atoms with Crippen LogP contribution in [-0.4, -0.2) is 19.3 Å². The maximum atomic E-state index is 12.5. The predicted molar refractivity (Wildman–Crippen MR) is 103 cm³/mol. The Morgan fingerprint density at radius 1 is 1.15 bits per heavy atom. The molecule has 1 amide bonds. The van der Waals surface area contributed by atoms with Crippen molar-refractivity contribution >= 4 is 33.0 Å². The number of thiazole rings is 1. The molecular formula is C18H17N3O3S2. The number of rotatable bonds is 4. The van der Waals surface area contributed by atoms with Crippen LogP contribution in [0.25, 0.3) is 10.6 Å². The van der Waals surface area contributed by atoms with Crippen molar-refractivity contribution in [1.82, 2.24) is 4.98 Å². The number of aromatic nitrogens is 1. The Morgan fingerprint density at radius 3 is 2.42 bits per heavy atom. The second-order valence-electron chi connectivity index (χ2n) is 5.83. The maximum absolute atomic E-state index is 12.5. The van der Waals surface area contributed by atoms with E-state index in [-0.39, 0.29) is 10.5 Å². The molecule has 0 aliphatic rings. The summed E-state index contributed by atoms with van der Waals surface area (Å²) in [4.78, 5) is 16.7. The highest BCUT2D eigenvalue weighted by atomic mass is 32.2. The van der Waals surface area contributed by atoms with Crippen molar-refractivity contribution in [3.05, 3.63) is 64.7 Å². The summed E-state index contributed by atoms with van der Waals surface area (Å²) in [6.07, 6.45) is 1.73. The van der Waals surface area contributed by atoms with Gasteiger partial charge in [0.2, 0.25) is 10.0 Å². The van der Waals surface area contributed by atoms with Crippen LogP contribution in [-0.2, 0) is 10.0 Å².